The predicted octanol–water partition coefficient (Wildman–Crippen LogP) is 3.52. The average molecular weight is 395 g/mol. The Labute approximate surface area is 167 Å². The van der Waals surface area contributed by atoms with Crippen molar-refractivity contribution in [3.63, 3.8) is 0 Å². The van der Waals surface area contributed by atoms with E-state index in [1.165, 1.54) is 0 Å². The van der Waals surface area contributed by atoms with Gasteiger partial charge in [-0.3, -0.25) is 9.89 Å². The van der Waals surface area contributed by atoms with E-state index in [9.17, 15) is 9.59 Å². The topological polar surface area (TPSA) is 103 Å². The van der Waals surface area contributed by atoms with Crippen LogP contribution in [0, 0.1) is 0 Å². The molecule has 0 spiro atoms. The van der Waals surface area contributed by atoms with Gasteiger partial charge < -0.3 is 19.5 Å². The number of methoxy groups -OCH3 is 2. The largest absolute Gasteiger partial charge is 0.497 e. The molecule has 8 nitrogen and oxygen atoms in total. The minimum Gasteiger partial charge on any atom is -0.497 e. The van der Waals surface area contributed by atoms with Gasteiger partial charge in [-0.15, -0.1) is 0 Å². The van der Waals surface area contributed by atoms with Crippen molar-refractivity contribution < 1.29 is 23.8 Å². The summed E-state index contributed by atoms with van der Waals surface area (Å²) in [5, 5.41) is 9.69. The van der Waals surface area contributed by atoms with Crippen molar-refractivity contribution in [1.82, 2.24) is 10.2 Å². The number of amides is 1. The number of hydrogen-bond acceptors (Lipinski definition) is 6. The first kappa shape index (κ1) is 19.9. The number of benzene rings is 2. The number of anilines is 1. The molecule has 0 aliphatic heterocycles. The fourth-order valence-corrected chi connectivity index (χ4v) is 2.69. The van der Waals surface area contributed by atoms with E-state index in [1.54, 1.807) is 63.6 Å². The molecule has 29 heavy (non-hydrogen) atoms. The third kappa shape index (κ3) is 4.55. The van der Waals surface area contributed by atoms with Crippen molar-refractivity contribution in [2.75, 3.05) is 26.1 Å². The molecular formula is C21H21N3O5. The zero-order chi connectivity index (χ0) is 20.8. The maximum Gasteiger partial charge on any atom is 0.338 e. The van der Waals surface area contributed by atoms with Gasteiger partial charge in [-0.1, -0.05) is 0 Å². The number of ether oxygens (including phenoxy) is 3. The first-order valence-corrected chi connectivity index (χ1v) is 8.92. The Morgan fingerprint density at radius 2 is 1.79 bits per heavy atom. The lowest BCUT2D eigenvalue weighted by Crippen LogP contribution is -2.12. The number of hydrogen-bond donors (Lipinski definition) is 2. The Kier molecular flexibility index (Phi) is 6.13. The predicted molar refractivity (Wildman–Crippen MR) is 107 cm³/mol. The number of aromatic amines is 1. The van der Waals surface area contributed by atoms with Gasteiger partial charge in [-0.25, -0.2) is 4.79 Å². The number of rotatable bonds is 7. The van der Waals surface area contributed by atoms with Gasteiger partial charge in [0.1, 0.15) is 17.2 Å². The molecule has 1 heterocycles. The summed E-state index contributed by atoms with van der Waals surface area (Å²) in [4.78, 5) is 24.2. The fourth-order valence-electron chi connectivity index (χ4n) is 2.69. The van der Waals surface area contributed by atoms with E-state index in [0.29, 0.717) is 35.1 Å². The van der Waals surface area contributed by atoms with Crippen LogP contribution in [0.1, 0.15) is 27.8 Å². The second-order valence-electron chi connectivity index (χ2n) is 5.99. The standard InChI is InChI=1S/C21H21N3O5/c1-4-29-21(26)13-5-7-14(8-6-13)22-20(25)18-12-17(23-24-18)16-10-9-15(27-2)11-19(16)28-3/h5-12H,4H2,1-3H3,(H,22,25)(H,23,24). The molecule has 0 saturated heterocycles. The smallest absolute Gasteiger partial charge is 0.338 e. The number of carbonyl (C=O) groups is 2. The molecule has 0 saturated carbocycles. The van der Waals surface area contributed by atoms with Gasteiger partial charge >= 0.3 is 5.97 Å². The Hall–Kier alpha value is -3.81. The summed E-state index contributed by atoms with van der Waals surface area (Å²) >= 11 is 0. The van der Waals surface area contributed by atoms with Crippen molar-refractivity contribution >= 4 is 17.6 Å². The van der Waals surface area contributed by atoms with E-state index in [2.05, 4.69) is 15.5 Å². The van der Waals surface area contributed by atoms with E-state index in [0.717, 1.165) is 5.56 Å². The summed E-state index contributed by atoms with van der Waals surface area (Å²) in [5.74, 6) is 0.472. The van der Waals surface area contributed by atoms with Crippen LogP contribution in [0.15, 0.2) is 48.5 Å². The highest BCUT2D eigenvalue weighted by molar-refractivity contribution is 6.03. The molecule has 0 aliphatic carbocycles. The number of aromatic nitrogens is 2. The lowest BCUT2D eigenvalue weighted by Gasteiger charge is -2.08. The maximum atomic E-state index is 12.5. The van der Waals surface area contributed by atoms with Crippen molar-refractivity contribution in [2.45, 2.75) is 6.92 Å². The monoisotopic (exact) mass is 395 g/mol. The molecule has 0 aliphatic rings. The first-order chi connectivity index (χ1) is 14.0. The Morgan fingerprint density at radius 3 is 2.45 bits per heavy atom. The molecule has 1 amide bonds. The van der Waals surface area contributed by atoms with Crippen molar-refractivity contribution in [1.29, 1.82) is 0 Å². The minimum atomic E-state index is -0.406. The summed E-state index contributed by atoms with van der Waals surface area (Å²) in [6, 6.07) is 13.4. The quantitative estimate of drug-likeness (QED) is 0.594. The van der Waals surface area contributed by atoms with Gasteiger partial charge in [0.25, 0.3) is 5.91 Å². The van der Waals surface area contributed by atoms with Gasteiger partial charge in [0.15, 0.2) is 0 Å². The summed E-state index contributed by atoms with van der Waals surface area (Å²) in [6.07, 6.45) is 0. The molecule has 2 N–H and O–H groups in total. The number of carbonyl (C=O) groups excluding carboxylic acids is 2. The van der Waals surface area contributed by atoms with Crippen molar-refractivity contribution in [3.05, 3.63) is 59.8 Å². The van der Waals surface area contributed by atoms with Crippen LogP contribution in [0.4, 0.5) is 5.69 Å². The zero-order valence-electron chi connectivity index (χ0n) is 16.3. The van der Waals surface area contributed by atoms with E-state index in [4.69, 9.17) is 14.2 Å². The van der Waals surface area contributed by atoms with E-state index in [-0.39, 0.29) is 11.6 Å². The summed E-state index contributed by atoms with van der Waals surface area (Å²) in [5.41, 5.74) is 2.53. The van der Waals surface area contributed by atoms with Crippen molar-refractivity contribution in [2.24, 2.45) is 0 Å². The normalized spacial score (nSPS) is 10.3. The van der Waals surface area contributed by atoms with Crippen LogP contribution in [0.25, 0.3) is 11.3 Å². The lowest BCUT2D eigenvalue weighted by molar-refractivity contribution is 0.0526. The molecule has 0 fully saturated rings. The number of nitrogens with zero attached hydrogens (tertiary/aromatic N) is 1. The highest BCUT2D eigenvalue weighted by atomic mass is 16.5. The average Bonchev–Trinajstić information content (AvgIpc) is 3.24. The molecule has 0 bridgehead atoms. The van der Waals surface area contributed by atoms with E-state index >= 15 is 0 Å². The molecule has 150 valence electrons. The second-order valence-corrected chi connectivity index (χ2v) is 5.99. The van der Waals surface area contributed by atoms with E-state index in [1.807, 2.05) is 6.07 Å². The number of nitrogens with one attached hydrogen (secondary N) is 2. The molecule has 0 radical (unpaired) electrons. The van der Waals surface area contributed by atoms with Crippen molar-refractivity contribution in [3.8, 4) is 22.8 Å². The highest BCUT2D eigenvalue weighted by Gasteiger charge is 2.15. The van der Waals surface area contributed by atoms with Crippen LogP contribution < -0.4 is 14.8 Å². The molecule has 8 heteroatoms. The summed E-state index contributed by atoms with van der Waals surface area (Å²) in [7, 11) is 3.13. The fraction of sp³-hybridized carbons (Fsp3) is 0.190. The van der Waals surface area contributed by atoms with Crippen LogP contribution in [-0.4, -0.2) is 42.9 Å². The molecular weight excluding hydrogens is 374 g/mol. The SMILES string of the molecule is CCOC(=O)c1ccc(NC(=O)c2cc(-c3ccc(OC)cc3OC)n[nH]2)cc1. The minimum absolute atomic E-state index is 0.285. The summed E-state index contributed by atoms with van der Waals surface area (Å²) < 4.78 is 15.5. The van der Waals surface area contributed by atoms with Gasteiger partial charge in [0.2, 0.25) is 0 Å². The Bertz CT molecular complexity index is 1010. The Morgan fingerprint density at radius 1 is 1.03 bits per heavy atom. The van der Waals surface area contributed by atoms with Gasteiger partial charge in [-0.2, -0.15) is 5.10 Å². The number of esters is 1. The first-order valence-electron chi connectivity index (χ1n) is 8.92. The molecule has 3 rings (SSSR count). The van der Waals surface area contributed by atoms with E-state index < -0.39 is 5.97 Å². The second kappa shape index (κ2) is 8.92. The zero-order valence-corrected chi connectivity index (χ0v) is 16.3. The lowest BCUT2D eigenvalue weighted by atomic mass is 10.1. The van der Waals surface area contributed by atoms with Crippen LogP contribution in [0.5, 0.6) is 11.5 Å². The van der Waals surface area contributed by atoms with Crippen LogP contribution in [0.2, 0.25) is 0 Å². The third-order valence-electron chi connectivity index (χ3n) is 4.16. The van der Waals surface area contributed by atoms with Crippen LogP contribution in [0.3, 0.4) is 0 Å². The molecule has 2 aromatic carbocycles. The molecule has 0 unspecified atom stereocenters. The molecule has 0 atom stereocenters. The Balaban J connectivity index is 1.74. The number of H-pyrrole nitrogens is 1. The van der Waals surface area contributed by atoms with Crippen LogP contribution >= 0.6 is 0 Å². The highest BCUT2D eigenvalue weighted by Crippen LogP contribution is 2.32. The third-order valence-corrected chi connectivity index (χ3v) is 4.16. The van der Waals surface area contributed by atoms with Gasteiger partial charge in [-0.05, 0) is 49.4 Å². The maximum absolute atomic E-state index is 12.5. The molecule has 1 aromatic heterocycles. The van der Waals surface area contributed by atoms with Crippen LogP contribution in [-0.2, 0) is 4.74 Å². The molecule has 3 aromatic rings. The van der Waals surface area contributed by atoms with Gasteiger partial charge in [0.05, 0.1) is 32.1 Å². The summed E-state index contributed by atoms with van der Waals surface area (Å²) in [6.45, 7) is 2.05. The van der Waals surface area contributed by atoms with Gasteiger partial charge in [0, 0.05) is 17.3 Å².